The molecule has 36 heavy (non-hydrogen) atoms. The van der Waals surface area contributed by atoms with Crippen LogP contribution >= 0.6 is 0 Å². The summed E-state index contributed by atoms with van der Waals surface area (Å²) in [7, 11) is 0. The number of benzene rings is 1. The molecule has 0 spiro atoms. The lowest BCUT2D eigenvalue weighted by Crippen LogP contribution is -2.67. The van der Waals surface area contributed by atoms with Gasteiger partial charge in [-0.15, -0.1) is 0 Å². The van der Waals surface area contributed by atoms with Gasteiger partial charge in [-0.25, -0.2) is 14.1 Å². The number of carbonyl (C=O) groups is 3. The second-order valence-corrected chi connectivity index (χ2v) is 8.33. The molecule has 2 heterocycles. The fraction of sp³-hybridized carbons (Fsp3) is 0.550. The molecule has 1 aromatic carbocycles. The molecule has 200 valence electrons. The van der Waals surface area contributed by atoms with Crippen LogP contribution in [0.4, 0.5) is 46.9 Å². The second kappa shape index (κ2) is 9.99. The third kappa shape index (κ3) is 6.09. The highest BCUT2D eigenvalue weighted by atomic mass is 19.4. The number of carbonyl (C=O) groups excluding carboxylic acids is 3. The van der Waals surface area contributed by atoms with Gasteiger partial charge >= 0.3 is 24.4 Å². The largest absolute Gasteiger partial charge is 0.471 e. The Hall–Kier alpha value is -3.30. The normalized spacial score (nSPS) is 24.3. The third-order valence-electron chi connectivity index (χ3n) is 5.69. The minimum atomic E-state index is -5.07. The van der Waals surface area contributed by atoms with E-state index >= 15 is 4.39 Å². The summed E-state index contributed by atoms with van der Waals surface area (Å²) in [4.78, 5) is 36.8. The summed E-state index contributed by atoms with van der Waals surface area (Å²) in [5.74, 6) is -4.62. The Morgan fingerprint density at radius 2 is 1.78 bits per heavy atom. The number of hydrogen-bond donors (Lipinski definition) is 2. The summed E-state index contributed by atoms with van der Waals surface area (Å²) in [6, 6.07) is 5.92. The van der Waals surface area contributed by atoms with E-state index in [1.54, 1.807) is 10.6 Å². The van der Waals surface area contributed by atoms with Gasteiger partial charge in [-0.3, -0.25) is 14.5 Å². The molecule has 2 aliphatic rings. The molecule has 0 bridgehead atoms. The molecule has 3 rings (SSSR count). The number of rotatable bonds is 7. The molecular formula is C20H22F7N5O4. The summed E-state index contributed by atoms with van der Waals surface area (Å²) >= 11 is 0. The van der Waals surface area contributed by atoms with E-state index in [1.165, 1.54) is 29.2 Å². The van der Waals surface area contributed by atoms with Crippen molar-refractivity contribution in [1.82, 2.24) is 15.5 Å². The number of hydrogen-bond acceptors (Lipinski definition) is 6. The van der Waals surface area contributed by atoms with Crippen molar-refractivity contribution in [3.05, 3.63) is 24.3 Å². The van der Waals surface area contributed by atoms with Gasteiger partial charge in [0.1, 0.15) is 6.10 Å². The minimum Gasteiger partial charge on any atom is -0.442 e. The molecule has 9 nitrogen and oxygen atoms in total. The third-order valence-corrected chi connectivity index (χ3v) is 5.69. The fourth-order valence-corrected chi connectivity index (χ4v) is 4.01. The predicted molar refractivity (Wildman–Crippen MR) is 111 cm³/mol. The van der Waals surface area contributed by atoms with E-state index < -0.39 is 55.5 Å². The Morgan fingerprint density at radius 1 is 1.17 bits per heavy atom. The maximum absolute atomic E-state index is 15.3. The van der Waals surface area contributed by atoms with Crippen LogP contribution in [0.3, 0.4) is 0 Å². The van der Waals surface area contributed by atoms with E-state index in [-0.39, 0.29) is 26.0 Å². The number of cyclic esters (lactones) is 1. The van der Waals surface area contributed by atoms with Crippen LogP contribution < -0.4 is 20.4 Å². The van der Waals surface area contributed by atoms with Crippen molar-refractivity contribution in [2.75, 3.05) is 42.5 Å². The van der Waals surface area contributed by atoms with Gasteiger partial charge in [0.05, 0.1) is 19.6 Å². The average molecular weight is 529 g/mol. The van der Waals surface area contributed by atoms with Gasteiger partial charge in [-0.1, -0.05) is 0 Å². The minimum absolute atomic E-state index is 0.00128. The molecule has 2 N–H and O–H groups in total. The highest BCUT2D eigenvalue weighted by Crippen LogP contribution is 2.34. The monoisotopic (exact) mass is 529 g/mol. The lowest BCUT2D eigenvalue weighted by molar-refractivity contribution is -0.223. The maximum Gasteiger partial charge on any atom is 0.471 e. The van der Waals surface area contributed by atoms with Crippen molar-refractivity contribution in [1.29, 1.82) is 0 Å². The number of alkyl halides is 7. The number of anilines is 2. The van der Waals surface area contributed by atoms with E-state index in [4.69, 9.17) is 4.74 Å². The number of ether oxygens (including phenoxy) is 1. The van der Waals surface area contributed by atoms with Gasteiger partial charge in [0.25, 0.3) is 0 Å². The number of piperazine rings is 1. The van der Waals surface area contributed by atoms with Crippen LogP contribution in [0.5, 0.6) is 0 Å². The van der Waals surface area contributed by atoms with E-state index in [1.807, 2.05) is 0 Å². The van der Waals surface area contributed by atoms with Gasteiger partial charge in [0, 0.05) is 24.5 Å². The highest BCUT2D eigenvalue weighted by molar-refractivity contribution is 5.90. The summed E-state index contributed by atoms with van der Waals surface area (Å²) in [6.45, 7) is -0.527. The first-order valence-electron chi connectivity index (χ1n) is 10.5. The number of amides is 3. The van der Waals surface area contributed by atoms with Crippen molar-refractivity contribution in [2.24, 2.45) is 0 Å². The maximum atomic E-state index is 15.3. The first kappa shape index (κ1) is 27.3. The standard InChI is InChI=1S/C20H22F7N5O4/c1-18(21)10-30(6-7-32(18)15(29-11-33)19(22,23)24)12-2-4-13(5-3-12)31-9-14(36-17(31)35)8-28-16(34)20(25,26)27/h2-5,11,14-15H,6-10H2,1H3,(H,28,34)(H,29,33). The van der Waals surface area contributed by atoms with Gasteiger partial charge < -0.3 is 20.3 Å². The molecule has 3 unspecified atom stereocenters. The van der Waals surface area contributed by atoms with E-state index in [0.29, 0.717) is 16.3 Å². The Balaban J connectivity index is 1.63. The zero-order valence-corrected chi connectivity index (χ0v) is 18.7. The molecular weight excluding hydrogens is 507 g/mol. The van der Waals surface area contributed by atoms with E-state index in [0.717, 1.165) is 11.8 Å². The van der Waals surface area contributed by atoms with Crippen LogP contribution in [-0.4, -0.2) is 86.4 Å². The van der Waals surface area contributed by atoms with E-state index in [9.17, 15) is 40.7 Å². The van der Waals surface area contributed by atoms with Crippen LogP contribution in [0.15, 0.2) is 24.3 Å². The molecule has 3 atom stereocenters. The van der Waals surface area contributed by atoms with Crippen molar-refractivity contribution in [2.45, 2.75) is 37.3 Å². The molecule has 0 aliphatic carbocycles. The second-order valence-electron chi connectivity index (χ2n) is 8.33. The molecule has 2 aliphatic heterocycles. The van der Waals surface area contributed by atoms with Crippen LogP contribution in [0.25, 0.3) is 0 Å². The molecule has 16 heteroatoms. The number of nitrogens with one attached hydrogen (secondary N) is 2. The van der Waals surface area contributed by atoms with Gasteiger partial charge in [0.2, 0.25) is 6.41 Å². The first-order chi connectivity index (χ1) is 16.6. The Kier molecular flexibility index (Phi) is 7.57. The molecule has 1 aromatic rings. The van der Waals surface area contributed by atoms with Crippen molar-refractivity contribution < 1.29 is 49.9 Å². The first-order valence-corrected chi connectivity index (χ1v) is 10.5. The topological polar surface area (TPSA) is 94.2 Å². The molecule has 3 amide bonds. The Morgan fingerprint density at radius 3 is 2.31 bits per heavy atom. The Labute approximate surface area is 200 Å². The molecule has 2 saturated heterocycles. The van der Waals surface area contributed by atoms with E-state index in [2.05, 4.69) is 0 Å². The zero-order chi connectivity index (χ0) is 26.9. The van der Waals surface area contributed by atoms with Gasteiger partial charge in [-0.05, 0) is 31.2 Å². The van der Waals surface area contributed by atoms with Crippen LogP contribution in [0, 0.1) is 0 Å². The van der Waals surface area contributed by atoms with Crippen LogP contribution in [0.2, 0.25) is 0 Å². The van der Waals surface area contributed by atoms with Crippen molar-refractivity contribution in [3.63, 3.8) is 0 Å². The predicted octanol–water partition coefficient (Wildman–Crippen LogP) is 2.13. The molecule has 0 radical (unpaired) electrons. The fourth-order valence-electron chi connectivity index (χ4n) is 4.01. The summed E-state index contributed by atoms with van der Waals surface area (Å²) in [5, 5.41) is 3.24. The summed E-state index contributed by atoms with van der Waals surface area (Å²) in [6.07, 6.45) is -14.5. The lowest BCUT2D eigenvalue weighted by Gasteiger charge is -2.48. The quantitative estimate of drug-likeness (QED) is 0.320. The lowest BCUT2D eigenvalue weighted by atomic mass is 10.1. The van der Waals surface area contributed by atoms with Crippen LogP contribution in [-0.2, 0) is 14.3 Å². The van der Waals surface area contributed by atoms with Crippen LogP contribution in [0.1, 0.15) is 6.92 Å². The zero-order valence-electron chi connectivity index (χ0n) is 18.7. The summed E-state index contributed by atoms with van der Waals surface area (Å²) < 4.78 is 97.0. The Bertz CT molecular complexity index is 971. The van der Waals surface area contributed by atoms with Gasteiger partial charge in [0.15, 0.2) is 12.0 Å². The van der Waals surface area contributed by atoms with Crippen molar-refractivity contribution >= 4 is 29.8 Å². The van der Waals surface area contributed by atoms with Crippen molar-refractivity contribution in [3.8, 4) is 0 Å². The number of halogens is 7. The highest BCUT2D eigenvalue weighted by Gasteiger charge is 2.52. The number of nitrogens with zero attached hydrogens (tertiary/aromatic N) is 3. The molecule has 0 aromatic heterocycles. The molecule has 2 fully saturated rings. The summed E-state index contributed by atoms with van der Waals surface area (Å²) in [5.41, 5.74) is 0.748. The van der Waals surface area contributed by atoms with Gasteiger partial charge in [-0.2, -0.15) is 26.3 Å². The molecule has 0 saturated carbocycles. The SMILES string of the molecule is CC1(F)CN(c2ccc(N3CC(CNC(=O)C(F)(F)F)OC3=O)cc2)CCN1C(NC=O)C(F)(F)F. The average Bonchev–Trinajstić information content (AvgIpc) is 3.14. The smallest absolute Gasteiger partial charge is 0.442 e.